The number of nitrogens with one attached hydrogen (secondary N) is 1. The van der Waals surface area contributed by atoms with Gasteiger partial charge >= 0.3 is 6.03 Å². The van der Waals surface area contributed by atoms with Crippen LogP contribution in [0.4, 0.5) is 24.3 Å². The Bertz CT molecular complexity index is 793. The van der Waals surface area contributed by atoms with Gasteiger partial charge in [0.05, 0.1) is 5.69 Å². The maximum atomic E-state index is 14.3. The molecule has 1 aliphatic rings. The van der Waals surface area contributed by atoms with Gasteiger partial charge in [0, 0.05) is 38.4 Å². The van der Waals surface area contributed by atoms with Crippen LogP contribution in [-0.2, 0) is 6.42 Å². The van der Waals surface area contributed by atoms with Crippen molar-refractivity contribution in [2.45, 2.75) is 26.2 Å². The summed E-state index contributed by atoms with van der Waals surface area (Å²) in [6.45, 7) is 3.03. The van der Waals surface area contributed by atoms with E-state index in [9.17, 15) is 13.6 Å². The first-order valence-corrected chi connectivity index (χ1v) is 9.75. The second-order valence-electron chi connectivity index (χ2n) is 7.18. The Morgan fingerprint density at radius 3 is 2.41 bits per heavy atom. The van der Waals surface area contributed by atoms with Gasteiger partial charge in [0.15, 0.2) is 0 Å². The number of carbonyl (C=O) groups is 1. The summed E-state index contributed by atoms with van der Waals surface area (Å²) in [5.74, 6) is -0.840. The molecule has 2 aromatic rings. The van der Waals surface area contributed by atoms with Gasteiger partial charge in [-0.15, -0.1) is 0 Å². The standard InChI is InChI=1S/C19H24F2N4OS/c1-12-8-18(27-23-12)22-19(26)25-6-4-13(5-7-25)9-15-16(20)10-14(24(2)3)11-17(15)21/h8,10-11,13H,4-7,9H2,1-3H3,(H,22,26). The molecule has 1 N–H and O–H groups in total. The number of aryl methyl sites for hydroxylation is 1. The molecule has 1 saturated heterocycles. The van der Waals surface area contributed by atoms with Crippen LogP contribution < -0.4 is 10.2 Å². The lowest BCUT2D eigenvalue weighted by Crippen LogP contribution is -2.41. The SMILES string of the molecule is Cc1cc(NC(=O)N2CCC(Cc3c(F)cc(N(C)C)cc3F)CC2)sn1. The van der Waals surface area contributed by atoms with Crippen molar-refractivity contribution < 1.29 is 13.6 Å². The van der Waals surface area contributed by atoms with Crippen molar-refractivity contribution in [2.75, 3.05) is 37.4 Å². The molecule has 3 rings (SSSR count). The van der Waals surface area contributed by atoms with Crippen molar-refractivity contribution in [1.82, 2.24) is 9.27 Å². The molecule has 0 saturated carbocycles. The summed E-state index contributed by atoms with van der Waals surface area (Å²) in [5, 5.41) is 3.58. The van der Waals surface area contributed by atoms with Crippen LogP contribution in [0.1, 0.15) is 24.1 Å². The molecule has 27 heavy (non-hydrogen) atoms. The lowest BCUT2D eigenvalue weighted by atomic mass is 9.89. The van der Waals surface area contributed by atoms with Gasteiger partial charge in [-0.05, 0) is 61.8 Å². The fourth-order valence-corrected chi connectivity index (χ4v) is 3.93. The molecule has 0 atom stereocenters. The lowest BCUT2D eigenvalue weighted by molar-refractivity contribution is 0.182. The van der Waals surface area contributed by atoms with Crippen LogP contribution in [0.2, 0.25) is 0 Å². The molecular formula is C19H24F2N4OS. The van der Waals surface area contributed by atoms with E-state index in [0.717, 1.165) is 23.5 Å². The Hall–Kier alpha value is -2.22. The number of piperidine rings is 1. The summed E-state index contributed by atoms with van der Waals surface area (Å²) in [5.41, 5.74) is 1.53. The van der Waals surface area contributed by atoms with E-state index in [1.165, 1.54) is 23.7 Å². The predicted molar refractivity (Wildman–Crippen MR) is 105 cm³/mol. The van der Waals surface area contributed by atoms with Gasteiger partial charge in [-0.3, -0.25) is 5.32 Å². The highest BCUT2D eigenvalue weighted by atomic mass is 32.1. The smallest absolute Gasteiger partial charge is 0.322 e. The number of likely N-dealkylation sites (tertiary alicyclic amines) is 1. The number of carbonyl (C=O) groups excluding carboxylic acids is 1. The summed E-state index contributed by atoms with van der Waals surface area (Å²) in [7, 11) is 3.50. The number of hydrogen-bond acceptors (Lipinski definition) is 4. The highest BCUT2D eigenvalue weighted by Crippen LogP contribution is 2.28. The number of anilines is 2. The van der Waals surface area contributed by atoms with Crippen molar-refractivity contribution in [3.63, 3.8) is 0 Å². The Balaban J connectivity index is 1.56. The molecule has 5 nitrogen and oxygen atoms in total. The van der Waals surface area contributed by atoms with Crippen LogP contribution in [0, 0.1) is 24.5 Å². The summed E-state index contributed by atoms with van der Waals surface area (Å²) < 4.78 is 32.8. The van der Waals surface area contributed by atoms with Crippen LogP contribution in [0.5, 0.6) is 0 Å². The van der Waals surface area contributed by atoms with Crippen molar-refractivity contribution >= 4 is 28.3 Å². The van der Waals surface area contributed by atoms with E-state index in [1.54, 1.807) is 23.9 Å². The number of aromatic nitrogens is 1. The van der Waals surface area contributed by atoms with Gasteiger partial charge < -0.3 is 9.80 Å². The normalized spacial score (nSPS) is 15.1. The van der Waals surface area contributed by atoms with E-state index in [2.05, 4.69) is 9.69 Å². The number of hydrogen-bond donors (Lipinski definition) is 1. The molecule has 146 valence electrons. The van der Waals surface area contributed by atoms with Crippen molar-refractivity contribution in [3.05, 3.63) is 41.1 Å². The minimum Gasteiger partial charge on any atom is -0.377 e. The van der Waals surface area contributed by atoms with E-state index in [-0.39, 0.29) is 17.5 Å². The molecule has 0 spiro atoms. The Labute approximate surface area is 162 Å². The average molecular weight is 394 g/mol. The number of amides is 2. The molecule has 0 unspecified atom stereocenters. The number of nitrogens with zero attached hydrogens (tertiary/aromatic N) is 3. The van der Waals surface area contributed by atoms with Crippen LogP contribution in [-0.4, -0.2) is 42.5 Å². The van der Waals surface area contributed by atoms with E-state index >= 15 is 0 Å². The van der Waals surface area contributed by atoms with Gasteiger partial charge in [-0.2, -0.15) is 4.37 Å². The highest BCUT2D eigenvalue weighted by molar-refractivity contribution is 7.10. The third kappa shape index (κ3) is 4.74. The summed E-state index contributed by atoms with van der Waals surface area (Å²) in [6, 6.07) is 4.43. The molecule has 0 aliphatic carbocycles. The Morgan fingerprint density at radius 1 is 1.26 bits per heavy atom. The van der Waals surface area contributed by atoms with Gasteiger partial charge in [-0.1, -0.05) is 0 Å². The zero-order valence-electron chi connectivity index (χ0n) is 15.8. The van der Waals surface area contributed by atoms with E-state index < -0.39 is 11.6 Å². The number of urea groups is 1. The van der Waals surface area contributed by atoms with E-state index in [4.69, 9.17) is 0 Å². The topological polar surface area (TPSA) is 48.5 Å². The van der Waals surface area contributed by atoms with Crippen molar-refractivity contribution in [2.24, 2.45) is 5.92 Å². The van der Waals surface area contributed by atoms with Crippen molar-refractivity contribution in [3.8, 4) is 0 Å². The van der Waals surface area contributed by atoms with Crippen LogP contribution >= 0.6 is 11.5 Å². The monoisotopic (exact) mass is 394 g/mol. The fourth-order valence-electron chi connectivity index (χ4n) is 3.28. The molecule has 8 heteroatoms. The Kier molecular flexibility index (Phi) is 5.94. The maximum absolute atomic E-state index is 14.3. The Morgan fingerprint density at radius 2 is 1.89 bits per heavy atom. The zero-order valence-corrected chi connectivity index (χ0v) is 16.6. The van der Waals surface area contributed by atoms with E-state index in [0.29, 0.717) is 25.2 Å². The second kappa shape index (κ2) is 8.21. The fraction of sp³-hybridized carbons (Fsp3) is 0.474. The third-order valence-electron chi connectivity index (χ3n) is 4.89. The number of rotatable bonds is 4. The van der Waals surface area contributed by atoms with Crippen LogP contribution in [0.3, 0.4) is 0 Å². The maximum Gasteiger partial charge on any atom is 0.322 e. The molecule has 1 fully saturated rings. The summed E-state index contributed by atoms with van der Waals surface area (Å²) in [6.07, 6.45) is 1.81. The van der Waals surface area contributed by atoms with Gasteiger partial charge in [0.1, 0.15) is 16.6 Å². The van der Waals surface area contributed by atoms with Crippen molar-refractivity contribution in [1.29, 1.82) is 0 Å². The van der Waals surface area contributed by atoms with E-state index in [1.807, 2.05) is 13.0 Å². The van der Waals surface area contributed by atoms with Gasteiger partial charge in [0.2, 0.25) is 0 Å². The third-order valence-corrected chi connectivity index (χ3v) is 5.69. The summed E-state index contributed by atoms with van der Waals surface area (Å²) in [4.78, 5) is 15.7. The summed E-state index contributed by atoms with van der Waals surface area (Å²) >= 11 is 1.26. The minimum atomic E-state index is -0.501. The predicted octanol–water partition coefficient (Wildman–Crippen LogP) is 4.28. The first-order chi connectivity index (χ1) is 12.8. The molecular weight excluding hydrogens is 370 g/mol. The number of benzene rings is 1. The minimum absolute atomic E-state index is 0.142. The highest BCUT2D eigenvalue weighted by Gasteiger charge is 2.25. The molecule has 0 radical (unpaired) electrons. The first-order valence-electron chi connectivity index (χ1n) is 8.98. The molecule has 1 aliphatic heterocycles. The van der Waals surface area contributed by atoms with Crippen LogP contribution in [0.15, 0.2) is 18.2 Å². The van der Waals surface area contributed by atoms with Gasteiger partial charge in [-0.25, -0.2) is 13.6 Å². The van der Waals surface area contributed by atoms with Crippen LogP contribution in [0.25, 0.3) is 0 Å². The average Bonchev–Trinajstić information content (AvgIpc) is 3.03. The zero-order chi connectivity index (χ0) is 19.6. The molecule has 1 aromatic carbocycles. The largest absolute Gasteiger partial charge is 0.377 e. The molecule has 1 aromatic heterocycles. The molecule has 0 bridgehead atoms. The molecule has 2 amide bonds. The van der Waals surface area contributed by atoms with Gasteiger partial charge in [0.25, 0.3) is 0 Å². The molecule has 2 heterocycles. The second-order valence-corrected chi connectivity index (χ2v) is 7.98. The lowest BCUT2D eigenvalue weighted by Gasteiger charge is -2.32. The quantitative estimate of drug-likeness (QED) is 0.842. The number of halogens is 2. The first kappa shape index (κ1) is 19.5.